The number of pyridine rings is 1. The van der Waals surface area contributed by atoms with Crippen molar-refractivity contribution in [1.29, 1.82) is 0 Å². The normalized spacial score (nSPS) is 14.6. The van der Waals surface area contributed by atoms with Crippen LogP contribution in [0.1, 0.15) is 83.3 Å². The molecule has 0 aliphatic carbocycles. The summed E-state index contributed by atoms with van der Waals surface area (Å²) in [6.07, 6.45) is 2.45. The zero-order valence-corrected chi connectivity index (χ0v) is 28.3. The zero-order chi connectivity index (χ0) is 32.2. The maximum atomic E-state index is 14.2. The minimum absolute atomic E-state index is 0.00939. The standard InChI is InChI=1S/C30H33F3IN6O2.C2H6/c1-6-39-17-25(27(37-39)30(31,32)33)23-13-20(16-38-12-10-36-28(38)18(2)34-4)14-24-22(23)8-11-40(29(24)41)19(3)26-15-21(42-5)7-9-35-26;1-2/h7,9-10,12-15,17-19H,6,8,11,16H2,1-5H3;1-2H3/q-1;. The molecule has 2 unspecified atom stereocenters. The van der Waals surface area contributed by atoms with Gasteiger partial charge in [0, 0.05) is 6.20 Å². The molecule has 2 atom stereocenters. The van der Waals surface area contributed by atoms with Gasteiger partial charge in [0.15, 0.2) is 0 Å². The number of hydrogen-bond donors (Lipinski definition) is 0. The van der Waals surface area contributed by atoms with Crippen LogP contribution in [0.25, 0.3) is 11.1 Å². The number of carbonyl (C=O) groups excluding carboxylic acids is 1. The van der Waals surface area contributed by atoms with Crippen LogP contribution in [0.2, 0.25) is 0 Å². The fraction of sp³-hybridized carbons (Fsp3) is 0.438. The molecule has 238 valence electrons. The summed E-state index contributed by atoms with van der Waals surface area (Å²) in [5.41, 5.74) is 1.84. The van der Waals surface area contributed by atoms with Crippen molar-refractivity contribution < 1.29 is 43.9 Å². The van der Waals surface area contributed by atoms with Crippen LogP contribution in [0, 0.1) is 0 Å². The van der Waals surface area contributed by atoms with Gasteiger partial charge in [-0.1, -0.05) is 13.8 Å². The van der Waals surface area contributed by atoms with E-state index < -0.39 is 11.9 Å². The van der Waals surface area contributed by atoms with E-state index >= 15 is 0 Å². The second-order valence-corrected chi connectivity index (χ2v) is 13.3. The first kappa shape index (κ1) is 33.5. The van der Waals surface area contributed by atoms with E-state index in [1.165, 1.54) is 10.9 Å². The third kappa shape index (κ3) is 6.79. The van der Waals surface area contributed by atoms with Gasteiger partial charge in [0.25, 0.3) is 0 Å². The number of benzene rings is 1. The molecule has 1 amide bonds. The topological polar surface area (TPSA) is 78.1 Å². The number of fused-ring (bicyclic) bond motifs is 1. The summed E-state index contributed by atoms with van der Waals surface area (Å²) in [4.78, 5) is 27.0. The van der Waals surface area contributed by atoms with E-state index in [0.717, 1.165) is 11.4 Å². The summed E-state index contributed by atoms with van der Waals surface area (Å²) in [5.74, 6) is 1.32. The molecule has 0 spiro atoms. The van der Waals surface area contributed by atoms with Gasteiger partial charge in [-0.3, -0.25) is 0 Å². The van der Waals surface area contributed by atoms with Crippen LogP contribution < -0.4 is 25.9 Å². The Labute approximate surface area is 266 Å². The van der Waals surface area contributed by atoms with E-state index in [4.69, 9.17) is 4.74 Å². The fourth-order valence-electron chi connectivity index (χ4n) is 5.41. The van der Waals surface area contributed by atoms with Gasteiger partial charge >= 0.3 is 224 Å². The van der Waals surface area contributed by atoms with Gasteiger partial charge < -0.3 is 4.74 Å². The molecule has 1 aliphatic rings. The van der Waals surface area contributed by atoms with Crippen molar-refractivity contribution in [2.45, 2.75) is 70.3 Å². The summed E-state index contributed by atoms with van der Waals surface area (Å²) in [6, 6.07) is 6.78. The number of alkyl halides is 5. The summed E-state index contributed by atoms with van der Waals surface area (Å²) >= 11 is -0.112. The van der Waals surface area contributed by atoms with Crippen LogP contribution in [0.5, 0.6) is 5.75 Å². The Balaban J connectivity index is 0.00000216. The minimum atomic E-state index is -4.65. The van der Waals surface area contributed by atoms with Gasteiger partial charge in [0.1, 0.15) is 5.75 Å². The van der Waals surface area contributed by atoms with Crippen LogP contribution in [-0.4, -0.2) is 53.7 Å². The Morgan fingerprint density at radius 3 is 2.45 bits per heavy atom. The van der Waals surface area contributed by atoms with Crippen LogP contribution in [-0.2, 0) is 25.7 Å². The number of methoxy groups -OCH3 is 1. The van der Waals surface area contributed by atoms with Crippen molar-refractivity contribution in [1.82, 2.24) is 29.2 Å². The molecule has 0 N–H and O–H groups in total. The van der Waals surface area contributed by atoms with Crippen molar-refractivity contribution >= 4 is 5.91 Å². The quantitative estimate of drug-likeness (QED) is 0.194. The SMILES string of the molecule is CC.CCn1cc(-c2cc(Cn3ccnc3C(C)[I-]C)cc3c2CCN(C(C)c2cc(OC)ccn2)C3=O)c(C(F)(F)F)n1. The van der Waals surface area contributed by atoms with Crippen molar-refractivity contribution in [2.75, 3.05) is 18.6 Å². The number of rotatable bonds is 9. The number of aryl methyl sites for hydroxylation is 1. The van der Waals surface area contributed by atoms with E-state index in [0.29, 0.717) is 58.1 Å². The first-order valence-electron chi connectivity index (χ1n) is 14.7. The number of nitrogens with zero attached hydrogens (tertiary/aromatic N) is 6. The van der Waals surface area contributed by atoms with Gasteiger partial charge in [-0.15, -0.1) is 0 Å². The monoisotopic (exact) mass is 723 g/mol. The third-order valence-corrected chi connectivity index (χ3v) is 10.1. The number of carbonyl (C=O) groups is 1. The zero-order valence-electron chi connectivity index (χ0n) is 26.1. The van der Waals surface area contributed by atoms with E-state index in [2.05, 4.69) is 26.9 Å². The van der Waals surface area contributed by atoms with Crippen LogP contribution in [0.3, 0.4) is 0 Å². The van der Waals surface area contributed by atoms with Crippen LogP contribution in [0.4, 0.5) is 13.2 Å². The molecule has 44 heavy (non-hydrogen) atoms. The van der Waals surface area contributed by atoms with Gasteiger partial charge in [0.05, 0.1) is 7.11 Å². The van der Waals surface area contributed by atoms with Crippen molar-refractivity contribution in [3.63, 3.8) is 0 Å². The Bertz CT molecular complexity index is 1600. The summed E-state index contributed by atoms with van der Waals surface area (Å²) in [7, 11) is 1.57. The molecule has 4 heterocycles. The molecule has 8 nitrogen and oxygen atoms in total. The molecule has 4 aromatic rings. The van der Waals surface area contributed by atoms with Gasteiger partial charge in [-0.25, -0.2) is 0 Å². The average Bonchev–Trinajstić information content (AvgIpc) is 3.69. The van der Waals surface area contributed by atoms with E-state index in [9.17, 15) is 18.0 Å². The molecule has 1 aromatic carbocycles. The average molecular weight is 724 g/mol. The van der Waals surface area contributed by atoms with Crippen molar-refractivity contribution in [3.05, 3.63) is 83.0 Å². The Kier molecular flexibility index (Phi) is 10.7. The third-order valence-electron chi connectivity index (χ3n) is 7.72. The van der Waals surface area contributed by atoms with E-state index in [1.807, 2.05) is 37.6 Å². The van der Waals surface area contributed by atoms with Gasteiger partial charge in [-0.2, -0.15) is 0 Å². The Morgan fingerprint density at radius 2 is 1.80 bits per heavy atom. The molecule has 1 aliphatic heterocycles. The van der Waals surface area contributed by atoms with Crippen molar-refractivity contribution in [3.8, 4) is 16.9 Å². The second-order valence-electron chi connectivity index (χ2n) is 10.2. The molecule has 0 radical (unpaired) electrons. The Morgan fingerprint density at radius 1 is 1.07 bits per heavy atom. The second kappa shape index (κ2) is 14.1. The molecule has 0 fully saturated rings. The predicted octanol–water partition coefficient (Wildman–Crippen LogP) is 3.80. The van der Waals surface area contributed by atoms with Crippen LogP contribution >= 0.6 is 0 Å². The molecule has 0 bridgehead atoms. The molecule has 0 saturated carbocycles. The molecule has 0 saturated heterocycles. The summed E-state index contributed by atoms with van der Waals surface area (Å²) in [6.45, 7) is 10.8. The first-order valence-corrected chi connectivity index (χ1v) is 18.1. The maximum absolute atomic E-state index is 14.2. The van der Waals surface area contributed by atoms with Gasteiger partial charge in [0.2, 0.25) is 0 Å². The van der Waals surface area contributed by atoms with E-state index in [-0.39, 0.29) is 38.7 Å². The van der Waals surface area contributed by atoms with Crippen molar-refractivity contribution in [2.24, 2.45) is 0 Å². The number of amides is 1. The van der Waals surface area contributed by atoms with E-state index in [1.54, 1.807) is 49.5 Å². The molecule has 3 aromatic heterocycles. The Hall–Kier alpha value is -3.42. The molecule has 12 heteroatoms. The summed E-state index contributed by atoms with van der Waals surface area (Å²) in [5, 5.41) is 3.86. The summed E-state index contributed by atoms with van der Waals surface area (Å²) < 4.78 is 51.6. The predicted molar refractivity (Wildman–Crippen MR) is 159 cm³/mol. The molecular formula is C32H39F3IN6O2-. The van der Waals surface area contributed by atoms with Gasteiger partial charge in [-0.05, 0) is 6.07 Å². The number of imidazole rings is 1. The first-order chi connectivity index (χ1) is 21.0. The molecule has 5 rings (SSSR count). The molecular weight excluding hydrogens is 684 g/mol. The number of ether oxygens (including phenoxy) is 1. The number of hydrogen-bond acceptors (Lipinski definition) is 5. The van der Waals surface area contributed by atoms with Crippen LogP contribution in [0.15, 0.2) is 49.1 Å². The fourth-order valence-corrected chi connectivity index (χ4v) is 6.49. The number of halogens is 4. The number of aromatic nitrogens is 5.